The van der Waals surface area contributed by atoms with Gasteiger partial charge in [-0.25, -0.2) is 0 Å². The van der Waals surface area contributed by atoms with Gasteiger partial charge < -0.3 is 10.1 Å². The number of nitrogens with one attached hydrogen (secondary N) is 1. The van der Waals surface area contributed by atoms with Crippen molar-refractivity contribution in [2.75, 3.05) is 13.2 Å². The Morgan fingerprint density at radius 1 is 1.36 bits per heavy atom. The summed E-state index contributed by atoms with van der Waals surface area (Å²) >= 11 is 0. The predicted molar refractivity (Wildman–Crippen MR) is 57.5 cm³/mol. The molecule has 0 aromatic heterocycles. The van der Waals surface area contributed by atoms with E-state index in [1.165, 1.54) is 5.56 Å². The normalized spacial score (nSPS) is 19.8. The third-order valence-corrected chi connectivity index (χ3v) is 2.27. The second-order valence-corrected chi connectivity index (χ2v) is 4.23. The molecule has 1 aliphatic heterocycles. The maximum absolute atomic E-state index is 5.60. The molecule has 76 valence electrons. The van der Waals surface area contributed by atoms with Crippen molar-refractivity contribution >= 4 is 0 Å². The number of hydrogen-bond acceptors (Lipinski definition) is 2. The fourth-order valence-electron chi connectivity index (χ4n) is 1.35. The van der Waals surface area contributed by atoms with Crippen LogP contribution >= 0.6 is 0 Å². The topological polar surface area (TPSA) is 31.2 Å². The first-order chi connectivity index (χ1) is 6.75. The van der Waals surface area contributed by atoms with Gasteiger partial charge in [0.15, 0.2) is 0 Å². The van der Waals surface area contributed by atoms with Crippen LogP contribution < -0.4 is 10.1 Å². The standard InChI is InChI=1S/C12H17NO/c1-9(2)8-14-11-5-3-10(4-6-11)12-7-13-12/h3-6,9,12-13H,7-8H2,1-2H3. The first kappa shape index (κ1) is 9.53. The van der Waals surface area contributed by atoms with Gasteiger partial charge in [-0.2, -0.15) is 0 Å². The smallest absolute Gasteiger partial charge is 0.119 e. The lowest BCUT2D eigenvalue weighted by atomic mass is 10.1. The van der Waals surface area contributed by atoms with E-state index in [-0.39, 0.29) is 0 Å². The van der Waals surface area contributed by atoms with Crippen molar-refractivity contribution in [1.82, 2.24) is 5.32 Å². The van der Waals surface area contributed by atoms with Crippen LogP contribution in [0.5, 0.6) is 5.75 Å². The van der Waals surface area contributed by atoms with Gasteiger partial charge in [-0.3, -0.25) is 0 Å². The van der Waals surface area contributed by atoms with Gasteiger partial charge >= 0.3 is 0 Å². The van der Waals surface area contributed by atoms with Crippen LogP contribution in [0.4, 0.5) is 0 Å². The average Bonchev–Trinajstić information content (AvgIpc) is 2.99. The molecule has 0 bridgehead atoms. The van der Waals surface area contributed by atoms with E-state index in [0.717, 1.165) is 18.9 Å². The summed E-state index contributed by atoms with van der Waals surface area (Å²) in [5, 5.41) is 3.28. The zero-order valence-corrected chi connectivity index (χ0v) is 8.79. The number of rotatable bonds is 4. The number of ether oxygens (including phenoxy) is 1. The Balaban J connectivity index is 1.92. The molecule has 2 rings (SSSR count). The van der Waals surface area contributed by atoms with Crippen molar-refractivity contribution in [3.8, 4) is 5.75 Å². The Morgan fingerprint density at radius 2 is 2.00 bits per heavy atom. The highest BCUT2D eigenvalue weighted by Gasteiger charge is 2.21. The fourth-order valence-corrected chi connectivity index (χ4v) is 1.35. The summed E-state index contributed by atoms with van der Waals surface area (Å²) in [6.45, 7) is 6.22. The first-order valence-corrected chi connectivity index (χ1v) is 5.22. The highest BCUT2D eigenvalue weighted by atomic mass is 16.5. The lowest BCUT2D eigenvalue weighted by molar-refractivity contribution is 0.271. The van der Waals surface area contributed by atoms with Crippen LogP contribution in [0, 0.1) is 5.92 Å². The van der Waals surface area contributed by atoms with E-state index < -0.39 is 0 Å². The minimum Gasteiger partial charge on any atom is -0.493 e. The molecular formula is C12H17NO. The Morgan fingerprint density at radius 3 is 2.50 bits per heavy atom. The maximum atomic E-state index is 5.60. The lowest BCUT2D eigenvalue weighted by Gasteiger charge is -2.08. The average molecular weight is 191 g/mol. The molecule has 0 amide bonds. The van der Waals surface area contributed by atoms with Crippen molar-refractivity contribution in [2.24, 2.45) is 5.92 Å². The summed E-state index contributed by atoms with van der Waals surface area (Å²) in [7, 11) is 0. The molecule has 0 aliphatic carbocycles. The highest BCUT2D eigenvalue weighted by molar-refractivity contribution is 5.31. The van der Waals surface area contributed by atoms with Crippen molar-refractivity contribution in [1.29, 1.82) is 0 Å². The van der Waals surface area contributed by atoms with Gasteiger partial charge in [-0.1, -0.05) is 26.0 Å². The van der Waals surface area contributed by atoms with Gasteiger partial charge in [0.2, 0.25) is 0 Å². The Bertz CT molecular complexity index is 288. The predicted octanol–water partition coefficient (Wildman–Crippen LogP) is 2.37. The summed E-state index contributed by atoms with van der Waals surface area (Å²) in [5.41, 5.74) is 1.36. The fraction of sp³-hybridized carbons (Fsp3) is 0.500. The van der Waals surface area contributed by atoms with Crippen LogP contribution in [0.2, 0.25) is 0 Å². The monoisotopic (exact) mass is 191 g/mol. The van der Waals surface area contributed by atoms with Crippen LogP contribution in [-0.2, 0) is 0 Å². The third-order valence-electron chi connectivity index (χ3n) is 2.27. The molecule has 2 nitrogen and oxygen atoms in total. The molecule has 1 aliphatic rings. The van der Waals surface area contributed by atoms with E-state index in [1.54, 1.807) is 0 Å². The number of benzene rings is 1. The van der Waals surface area contributed by atoms with Gasteiger partial charge in [0, 0.05) is 12.6 Å². The molecule has 1 unspecified atom stereocenters. The summed E-state index contributed by atoms with van der Waals surface area (Å²) in [5.74, 6) is 1.56. The number of hydrogen-bond donors (Lipinski definition) is 1. The largest absolute Gasteiger partial charge is 0.493 e. The van der Waals surface area contributed by atoms with Crippen molar-refractivity contribution in [2.45, 2.75) is 19.9 Å². The van der Waals surface area contributed by atoms with Gasteiger partial charge in [-0.05, 0) is 23.6 Å². The molecule has 0 saturated carbocycles. The van der Waals surface area contributed by atoms with Gasteiger partial charge in [0.05, 0.1) is 6.61 Å². The minimum absolute atomic E-state index is 0.583. The summed E-state index contributed by atoms with van der Waals surface area (Å²) in [4.78, 5) is 0. The van der Waals surface area contributed by atoms with E-state index in [4.69, 9.17) is 4.74 Å². The van der Waals surface area contributed by atoms with E-state index in [1.807, 2.05) is 0 Å². The zero-order valence-electron chi connectivity index (χ0n) is 8.79. The molecule has 0 spiro atoms. The van der Waals surface area contributed by atoms with Crippen molar-refractivity contribution < 1.29 is 4.74 Å². The lowest BCUT2D eigenvalue weighted by Crippen LogP contribution is -2.04. The SMILES string of the molecule is CC(C)COc1ccc(C2CN2)cc1. The summed E-state index contributed by atoms with van der Waals surface area (Å²) < 4.78 is 5.60. The van der Waals surface area contributed by atoms with Crippen molar-refractivity contribution in [3.05, 3.63) is 29.8 Å². The van der Waals surface area contributed by atoms with E-state index in [2.05, 4.69) is 43.4 Å². The molecule has 1 heterocycles. The maximum Gasteiger partial charge on any atom is 0.119 e. The summed E-state index contributed by atoms with van der Waals surface area (Å²) in [6, 6.07) is 8.98. The quantitative estimate of drug-likeness (QED) is 0.741. The van der Waals surface area contributed by atoms with Gasteiger partial charge in [-0.15, -0.1) is 0 Å². The molecule has 0 radical (unpaired) electrons. The van der Waals surface area contributed by atoms with Crippen LogP contribution in [0.3, 0.4) is 0 Å². The molecule has 1 atom stereocenters. The van der Waals surface area contributed by atoms with E-state index in [9.17, 15) is 0 Å². The van der Waals surface area contributed by atoms with Gasteiger partial charge in [0.1, 0.15) is 5.75 Å². The van der Waals surface area contributed by atoms with Crippen LogP contribution in [-0.4, -0.2) is 13.2 Å². The second-order valence-electron chi connectivity index (χ2n) is 4.23. The van der Waals surface area contributed by atoms with E-state index >= 15 is 0 Å². The van der Waals surface area contributed by atoms with Crippen LogP contribution in [0.25, 0.3) is 0 Å². The molecule has 1 aromatic carbocycles. The Labute approximate surface area is 85.3 Å². The second kappa shape index (κ2) is 4.01. The zero-order chi connectivity index (χ0) is 9.97. The molecular weight excluding hydrogens is 174 g/mol. The van der Waals surface area contributed by atoms with Crippen LogP contribution in [0.15, 0.2) is 24.3 Å². The molecule has 1 saturated heterocycles. The highest BCUT2D eigenvalue weighted by Crippen LogP contribution is 2.23. The first-order valence-electron chi connectivity index (χ1n) is 5.22. The van der Waals surface area contributed by atoms with E-state index in [0.29, 0.717) is 12.0 Å². The molecule has 2 heteroatoms. The Hall–Kier alpha value is -1.02. The van der Waals surface area contributed by atoms with Crippen molar-refractivity contribution in [3.63, 3.8) is 0 Å². The molecule has 14 heavy (non-hydrogen) atoms. The van der Waals surface area contributed by atoms with Gasteiger partial charge in [0.25, 0.3) is 0 Å². The molecule has 1 fully saturated rings. The minimum atomic E-state index is 0.583. The Kier molecular flexibility index (Phi) is 2.73. The summed E-state index contributed by atoms with van der Waals surface area (Å²) in [6.07, 6.45) is 0. The molecule has 1 aromatic rings. The third kappa shape index (κ3) is 2.48. The molecule has 1 N–H and O–H groups in total. The van der Waals surface area contributed by atoms with Crippen LogP contribution in [0.1, 0.15) is 25.5 Å².